The predicted octanol–water partition coefficient (Wildman–Crippen LogP) is 3.72. The Balaban J connectivity index is 1.50. The summed E-state index contributed by atoms with van der Waals surface area (Å²) in [5.41, 5.74) is 4.56. The molecule has 1 fully saturated rings. The fourth-order valence-electron chi connectivity index (χ4n) is 3.60. The van der Waals surface area contributed by atoms with E-state index in [0.717, 1.165) is 67.7 Å². The van der Waals surface area contributed by atoms with E-state index in [1.54, 1.807) is 0 Å². The maximum absolute atomic E-state index is 5.74. The predicted molar refractivity (Wildman–Crippen MR) is 105 cm³/mol. The second-order valence-electron chi connectivity index (χ2n) is 7.02. The molecule has 3 aromatic rings. The van der Waals surface area contributed by atoms with E-state index in [-0.39, 0.29) is 0 Å². The third kappa shape index (κ3) is 3.31. The lowest BCUT2D eigenvalue weighted by Crippen LogP contribution is -2.46. The Morgan fingerprint density at radius 3 is 2.50 bits per heavy atom. The van der Waals surface area contributed by atoms with Gasteiger partial charge in [0, 0.05) is 42.9 Å². The Morgan fingerprint density at radius 2 is 1.81 bits per heavy atom. The molecule has 5 nitrogen and oxygen atoms in total. The van der Waals surface area contributed by atoms with Crippen LogP contribution in [-0.2, 0) is 13.0 Å². The molecule has 1 aliphatic heterocycles. The molecule has 3 heterocycles. The average Bonchev–Trinajstić information content (AvgIpc) is 2.98. The van der Waals surface area contributed by atoms with Crippen LogP contribution in [0.2, 0.25) is 0 Å². The van der Waals surface area contributed by atoms with Crippen LogP contribution in [0.3, 0.4) is 0 Å². The van der Waals surface area contributed by atoms with Crippen molar-refractivity contribution in [2.75, 3.05) is 31.1 Å². The quantitative estimate of drug-likeness (QED) is 0.717. The maximum atomic E-state index is 5.74. The maximum Gasteiger partial charge on any atom is 0.208 e. The molecule has 0 radical (unpaired) electrons. The van der Waals surface area contributed by atoms with Crippen molar-refractivity contribution in [1.82, 2.24) is 14.9 Å². The van der Waals surface area contributed by atoms with Crippen LogP contribution in [-0.4, -0.2) is 41.0 Å². The molecule has 4 rings (SSSR count). The summed E-state index contributed by atoms with van der Waals surface area (Å²) in [6.45, 7) is 11.0. The minimum Gasteiger partial charge on any atom is -0.444 e. The highest BCUT2D eigenvalue weighted by molar-refractivity contribution is 5.92. The normalized spacial score (nSPS) is 15.7. The second kappa shape index (κ2) is 7.08. The van der Waals surface area contributed by atoms with Crippen molar-refractivity contribution in [1.29, 1.82) is 0 Å². The highest BCUT2D eigenvalue weighted by Crippen LogP contribution is 2.28. The Bertz CT molecular complexity index is 890. The van der Waals surface area contributed by atoms with E-state index >= 15 is 0 Å². The van der Waals surface area contributed by atoms with Gasteiger partial charge in [-0.1, -0.05) is 25.1 Å². The van der Waals surface area contributed by atoms with Crippen molar-refractivity contribution in [3.05, 3.63) is 53.4 Å². The summed E-state index contributed by atoms with van der Waals surface area (Å²) in [6.07, 6.45) is 0.959. The van der Waals surface area contributed by atoms with E-state index in [2.05, 4.69) is 52.0 Å². The summed E-state index contributed by atoms with van der Waals surface area (Å²) in [6, 6.07) is 10.7. The van der Waals surface area contributed by atoms with Gasteiger partial charge in [-0.05, 0) is 32.4 Å². The number of oxazole rings is 1. The Kier molecular flexibility index (Phi) is 4.64. The zero-order valence-electron chi connectivity index (χ0n) is 15.8. The Hall–Kier alpha value is -2.40. The third-order valence-electron chi connectivity index (χ3n) is 5.25. The summed E-state index contributed by atoms with van der Waals surface area (Å²) < 4.78 is 5.74. The van der Waals surface area contributed by atoms with Crippen molar-refractivity contribution >= 4 is 16.6 Å². The molecule has 0 saturated carbocycles. The molecule has 0 N–H and O–H groups in total. The van der Waals surface area contributed by atoms with Gasteiger partial charge in [-0.3, -0.25) is 9.88 Å². The molecule has 136 valence electrons. The number of aryl methyl sites for hydroxylation is 3. The lowest BCUT2D eigenvalue weighted by molar-refractivity contribution is 0.225. The number of hydrogen-bond acceptors (Lipinski definition) is 5. The third-order valence-corrected chi connectivity index (χ3v) is 5.25. The van der Waals surface area contributed by atoms with Crippen LogP contribution < -0.4 is 4.90 Å². The molecule has 1 aliphatic rings. The average molecular weight is 350 g/mol. The molecule has 26 heavy (non-hydrogen) atoms. The SMILES string of the molecule is CCc1cc(N2CCN(Cc3nc(C)c(C)o3)CC2)c2ccccc2n1. The van der Waals surface area contributed by atoms with E-state index in [9.17, 15) is 0 Å². The molecule has 0 amide bonds. The van der Waals surface area contributed by atoms with E-state index < -0.39 is 0 Å². The Labute approximate surface area is 154 Å². The van der Waals surface area contributed by atoms with Crippen molar-refractivity contribution in [2.45, 2.75) is 33.7 Å². The molecule has 0 unspecified atom stereocenters. The first-order valence-corrected chi connectivity index (χ1v) is 9.43. The van der Waals surface area contributed by atoms with Gasteiger partial charge in [0.25, 0.3) is 0 Å². The first-order valence-electron chi connectivity index (χ1n) is 9.43. The number of pyridine rings is 1. The fourth-order valence-corrected chi connectivity index (χ4v) is 3.60. The first kappa shape index (κ1) is 17.0. The molecule has 0 spiro atoms. The van der Waals surface area contributed by atoms with Crippen LogP contribution in [0.1, 0.15) is 30.0 Å². The van der Waals surface area contributed by atoms with Gasteiger partial charge in [0.15, 0.2) is 0 Å². The largest absolute Gasteiger partial charge is 0.444 e. The van der Waals surface area contributed by atoms with Crippen molar-refractivity contribution in [2.24, 2.45) is 0 Å². The molecule has 0 atom stereocenters. The van der Waals surface area contributed by atoms with Gasteiger partial charge in [0.1, 0.15) is 5.76 Å². The number of fused-ring (bicyclic) bond motifs is 1. The number of anilines is 1. The van der Waals surface area contributed by atoms with E-state index in [4.69, 9.17) is 9.40 Å². The molecular weight excluding hydrogens is 324 g/mol. The smallest absolute Gasteiger partial charge is 0.208 e. The summed E-state index contributed by atoms with van der Waals surface area (Å²) in [5, 5.41) is 1.25. The van der Waals surface area contributed by atoms with Gasteiger partial charge in [0.2, 0.25) is 5.89 Å². The minimum atomic E-state index is 0.791. The number of aromatic nitrogens is 2. The van der Waals surface area contributed by atoms with E-state index in [0.29, 0.717) is 0 Å². The fraction of sp³-hybridized carbons (Fsp3) is 0.429. The lowest BCUT2D eigenvalue weighted by Gasteiger charge is -2.36. The number of para-hydroxylation sites is 1. The van der Waals surface area contributed by atoms with Crippen molar-refractivity contribution in [3.8, 4) is 0 Å². The van der Waals surface area contributed by atoms with E-state index in [1.807, 2.05) is 13.8 Å². The monoisotopic (exact) mass is 350 g/mol. The summed E-state index contributed by atoms with van der Waals surface area (Å²) in [5.74, 6) is 1.75. The van der Waals surface area contributed by atoms with Crippen molar-refractivity contribution in [3.63, 3.8) is 0 Å². The second-order valence-corrected chi connectivity index (χ2v) is 7.02. The molecule has 0 bridgehead atoms. The first-order chi connectivity index (χ1) is 12.6. The molecule has 5 heteroatoms. The molecule has 1 saturated heterocycles. The number of piperazine rings is 1. The van der Waals surface area contributed by atoms with Crippen LogP contribution >= 0.6 is 0 Å². The highest BCUT2D eigenvalue weighted by atomic mass is 16.4. The van der Waals surface area contributed by atoms with Gasteiger partial charge in [-0.15, -0.1) is 0 Å². The van der Waals surface area contributed by atoms with Crippen LogP contribution in [0, 0.1) is 13.8 Å². The number of benzene rings is 1. The number of rotatable bonds is 4. The number of nitrogens with zero attached hydrogens (tertiary/aromatic N) is 4. The van der Waals surface area contributed by atoms with Gasteiger partial charge in [-0.25, -0.2) is 4.98 Å². The van der Waals surface area contributed by atoms with Gasteiger partial charge in [-0.2, -0.15) is 0 Å². The van der Waals surface area contributed by atoms with Gasteiger partial charge in [0.05, 0.1) is 17.8 Å². The lowest BCUT2D eigenvalue weighted by atomic mass is 10.1. The van der Waals surface area contributed by atoms with Crippen LogP contribution in [0.15, 0.2) is 34.7 Å². The Morgan fingerprint density at radius 1 is 1.04 bits per heavy atom. The topological polar surface area (TPSA) is 45.4 Å². The number of hydrogen-bond donors (Lipinski definition) is 0. The minimum absolute atomic E-state index is 0.791. The summed E-state index contributed by atoms with van der Waals surface area (Å²) in [7, 11) is 0. The molecule has 2 aromatic heterocycles. The van der Waals surface area contributed by atoms with Crippen LogP contribution in [0.4, 0.5) is 5.69 Å². The van der Waals surface area contributed by atoms with E-state index in [1.165, 1.54) is 11.1 Å². The van der Waals surface area contributed by atoms with Gasteiger partial charge >= 0.3 is 0 Å². The molecular formula is C21H26N4O. The standard InChI is InChI=1S/C21H26N4O/c1-4-17-13-20(18-7-5-6-8-19(18)23-17)25-11-9-24(10-12-25)14-21-22-15(2)16(3)26-21/h5-8,13H,4,9-12,14H2,1-3H3. The summed E-state index contributed by atoms with van der Waals surface area (Å²) in [4.78, 5) is 14.2. The zero-order valence-corrected chi connectivity index (χ0v) is 15.8. The van der Waals surface area contributed by atoms with Gasteiger partial charge < -0.3 is 9.32 Å². The van der Waals surface area contributed by atoms with Crippen LogP contribution in [0.5, 0.6) is 0 Å². The molecule has 1 aromatic carbocycles. The molecule has 0 aliphatic carbocycles. The van der Waals surface area contributed by atoms with Crippen molar-refractivity contribution < 1.29 is 4.42 Å². The zero-order chi connectivity index (χ0) is 18.1. The summed E-state index contributed by atoms with van der Waals surface area (Å²) >= 11 is 0. The van der Waals surface area contributed by atoms with Crippen LogP contribution in [0.25, 0.3) is 10.9 Å². The highest BCUT2D eigenvalue weighted by Gasteiger charge is 2.21.